The van der Waals surface area contributed by atoms with Crippen LogP contribution in [0.4, 0.5) is 15.6 Å². The van der Waals surface area contributed by atoms with Crippen molar-refractivity contribution in [2.24, 2.45) is 0 Å². The number of rotatable bonds is 7. The van der Waals surface area contributed by atoms with Crippen LogP contribution in [0.2, 0.25) is 5.02 Å². The maximum Gasteiger partial charge on any atom is 0.325 e. The zero-order valence-electron chi connectivity index (χ0n) is 14.7. The van der Waals surface area contributed by atoms with Gasteiger partial charge in [0.2, 0.25) is 5.13 Å². The van der Waals surface area contributed by atoms with Crippen LogP contribution in [0.25, 0.3) is 10.6 Å². The van der Waals surface area contributed by atoms with Crippen molar-refractivity contribution in [3.8, 4) is 16.3 Å². The molecular formula is C19H19ClN4O2S. The molecule has 0 aliphatic rings. The molecule has 2 amide bonds. The minimum absolute atomic E-state index is 0.389. The Labute approximate surface area is 166 Å². The third-order valence-corrected chi connectivity index (χ3v) is 4.76. The van der Waals surface area contributed by atoms with Gasteiger partial charge in [-0.2, -0.15) is 0 Å². The summed E-state index contributed by atoms with van der Waals surface area (Å²) in [5, 5.41) is 15.3. The first kappa shape index (κ1) is 19.1. The van der Waals surface area contributed by atoms with Crippen molar-refractivity contribution in [1.82, 2.24) is 10.2 Å². The van der Waals surface area contributed by atoms with Gasteiger partial charge in [-0.15, -0.1) is 10.2 Å². The molecule has 1 aromatic heterocycles. The predicted octanol–water partition coefficient (Wildman–Crippen LogP) is 5.68. The number of nitrogens with zero attached hydrogens (tertiary/aromatic N) is 2. The quantitative estimate of drug-likeness (QED) is 0.498. The van der Waals surface area contributed by atoms with Crippen LogP contribution in [0.15, 0.2) is 48.5 Å². The Morgan fingerprint density at radius 2 is 1.81 bits per heavy atom. The van der Waals surface area contributed by atoms with Gasteiger partial charge >= 0.3 is 6.03 Å². The average molecular weight is 403 g/mol. The number of nitrogens with one attached hydrogen (secondary N) is 2. The Morgan fingerprint density at radius 1 is 1.07 bits per heavy atom. The van der Waals surface area contributed by atoms with E-state index >= 15 is 0 Å². The molecule has 8 heteroatoms. The molecule has 0 atom stereocenters. The van der Waals surface area contributed by atoms with E-state index in [-0.39, 0.29) is 6.03 Å². The van der Waals surface area contributed by atoms with Gasteiger partial charge < -0.3 is 10.1 Å². The Bertz CT molecular complexity index is 881. The fraction of sp³-hybridized carbons (Fsp3) is 0.211. The Morgan fingerprint density at radius 3 is 2.52 bits per heavy atom. The zero-order chi connectivity index (χ0) is 19.1. The summed E-state index contributed by atoms with van der Waals surface area (Å²) < 4.78 is 5.65. The van der Waals surface area contributed by atoms with Crippen molar-refractivity contribution >= 4 is 39.8 Å². The highest BCUT2D eigenvalue weighted by molar-refractivity contribution is 7.18. The molecule has 0 fully saturated rings. The second-order valence-corrected chi connectivity index (χ2v) is 7.14. The first-order chi connectivity index (χ1) is 13.1. The highest BCUT2D eigenvalue weighted by Crippen LogP contribution is 2.28. The topological polar surface area (TPSA) is 76.1 Å². The highest BCUT2D eigenvalue weighted by Gasteiger charge is 2.10. The first-order valence-electron chi connectivity index (χ1n) is 8.54. The lowest BCUT2D eigenvalue weighted by molar-refractivity contribution is 0.262. The molecule has 0 saturated carbocycles. The molecule has 0 radical (unpaired) electrons. The number of unbranched alkanes of at least 4 members (excludes halogenated alkanes) is 1. The summed E-state index contributed by atoms with van der Waals surface area (Å²) in [5.74, 6) is 0.831. The van der Waals surface area contributed by atoms with Gasteiger partial charge in [0.1, 0.15) is 10.8 Å². The van der Waals surface area contributed by atoms with E-state index in [1.165, 1.54) is 11.3 Å². The van der Waals surface area contributed by atoms with Gasteiger partial charge in [-0.05, 0) is 55.0 Å². The fourth-order valence-corrected chi connectivity index (χ4v) is 3.08. The van der Waals surface area contributed by atoms with Crippen molar-refractivity contribution in [2.45, 2.75) is 19.8 Å². The van der Waals surface area contributed by atoms with Gasteiger partial charge in [-0.3, -0.25) is 5.32 Å². The van der Waals surface area contributed by atoms with Crippen LogP contribution in [0, 0.1) is 0 Å². The number of ether oxygens (including phenoxy) is 1. The number of carbonyl (C=O) groups is 1. The monoisotopic (exact) mass is 402 g/mol. The lowest BCUT2D eigenvalue weighted by Crippen LogP contribution is -2.19. The number of urea groups is 1. The van der Waals surface area contributed by atoms with Gasteiger partial charge in [0.25, 0.3) is 0 Å². The van der Waals surface area contributed by atoms with Crippen molar-refractivity contribution < 1.29 is 9.53 Å². The smallest absolute Gasteiger partial charge is 0.325 e. The van der Waals surface area contributed by atoms with Crippen LogP contribution in [-0.4, -0.2) is 22.8 Å². The van der Waals surface area contributed by atoms with Crippen LogP contribution in [0.1, 0.15) is 19.8 Å². The summed E-state index contributed by atoms with van der Waals surface area (Å²) in [6.07, 6.45) is 2.13. The molecule has 3 rings (SSSR count). The summed E-state index contributed by atoms with van der Waals surface area (Å²) in [5.41, 5.74) is 1.56. The standard InChI is InChI=1S/C19H19ClN4O2S/c1-2-3-12-26-16-10-4-13(5-11-16)17-23-24-19(27-17)22-18(25)21-15-8-6-14(20)7-9-15/h4-11H,2-3,12H2,1H3,(H2,21,22,24,25). The molecule has 0 saturated heterocycles. The molecule has 3 aromatic rings. The van der Waals surface area contributed by atoms with Gasteiger partial charge in [-0.25, -0.2) is 4.79 Å². The number of anilines is 2. The predicted molar refractivity (Wildman–Crippen MR) is 110 cm³/mol. The van der Waals surface area contributed by atoms with E-state index in [2.05, 4.69) is 27.8 Å². The molecule has 0 aliphatic heterocycles. The number of halogens is 1. The van der Waals surface area contributed by atoms with E-state index in [0.717, 1.165) is 29.2 Å². The molecule has 0 bridgehead atoms. The summed E-state index contributed by atoms with van der Waals surface area (Å²) >= 11 is 7.13. The third kappa shape index (κ3) is 5.67. The number of hydrogen-bond acceptors (Lipinski definition) is 5. The lowest BCUT2D eigenvalue weighted by Gasteiger charge is -2.05. The molecule has 2 aromatic carbocycles. The van der Waals surface area contributed by atoms with Crippen molar-refractivity contribution in [3.63, 3.8) is 0 Å². The van der Waals surface area contributed by atoms with E-state index in [1.807, 2.05) is 24.3 Å². The maximum absolute atomic E-state index is 12.0. The molecule has 140 valence electrons. The van der Waals surface area contributed by atoms with Crippen molar-refractivity contribution in [1.29, 1.82) is 0 Å². The largest absolute Gasteiger partial charge is 0.494 e. The molecule has 0 aliphatic carbocycles. The first-order valence-corrected chi connectivity index (χ1v) is 9.74. The summed E-state index contributed by atoms with van der Waals surface area (Å²) in [4.78, 5) is 12.0. The van der Waals surface area contributed by atoms with Crippen LogP contribution in [0.5, 0.6) is 5.75 Å². The molecule has 0 unspecified atom stereocenters. The van der Waals surface area contributed by atoms with Crippen LogP contribution < -0.4 is 15.4 Å². The normalized spacial score (nSPS) is 10.4. The zero-order valence-corrected chi connectivity index (χ0v) is 16.3. The summed E-state index contributed by atoms with van der Waals surface area (Å²) in [6.45, 7) is 2.84. The third-order valence-electron chi connectivity index (χ3n) is 3.62. The SMILES string of the molecule is CCCCOc1ccc(-c2nnc(NC(=O)Nc3ccc(Cl)cc3)s2)cc1. The van der Waals surface area contributed by atoms with E-state index in [1.54, 1.807) is 24.3 Å². The van der Waals surface area contributed by atoms with Gasteiger partial charge in [0.05, 0.1) is 6.61 Å². The number of amides is 2. The molecular weight excluding hydrogens is 384 g/mol. The Kier molecular flexibility index (Phi) is 6.62. The van der Waals surface area contributed by atoms with Gasteiger partial charge in [0, 0.05) is 16.3 Å². The molecule has 1 heterocycles. The second kappa shape index (κ2) is 9.34. The van der Waals surface area contributed by atoms with E-state index in [9.17, 15) is 4.79 Å². The lowest BCUT2D eigenvalue weighted by atomic mass is 10.2. The molecule has 27 heavy (non-hydrogen) atoms. The highest BCUT2D eigenvalue weighted by atomic mass is 35.5. The number of benzene rings is 2. The minimum atomic E-state index is -0.389. The minimum Gasteiger partial charge on any atom is -0.494 e. The van der Waals surface area contributed by atoms with Crippen LogP contribution in [0.3, 0.4) is 0 Å². The number of aromatic nitrogens is 2. The van der Waals surface area contributed by atoms with Gasteiger partial charge in [-0.1, -0.05) is 36.3 Å². The fourth-order valence-electron chi connectivity index (χ4n) is 2.21. The average Bonchev–Trinajstić information content (AvgIpc) is 3.13. The number of hydrogen-bond donors (Lipinski definition) is 2. The maximum atomic E-state index is 12.0. The molecule has 6 nitrogen and oxygen atoms in total. The van der Waals surface area contributed by atoms with Crippen LogP contribution >= 0.6 is 22.9 Å². The van der Waals surface area contributed by atoms with Crippen LogP contribution in [-0.2, 0) is 0 Å². The summed E-state index contributed by atoms with van der Waals surface area (Å²) in [7, 11) is 0. The van der Waals surface area contributed by atoms with E-state index in [4.69, 9.17) is 16.3 Å². The van der Waals surface area contributed by atoms with Gasteiger partial charge in [0.15, 0.2) is 0 Å². The Hall–Kier alpha value is -2.64. The molecule has 2 N–H and O–H groups in total. The second-order valence-electron chi connectivity index (χ2n) is 5.72. The summed E-state index contributed by atoms with van der Waals surface area (Å²) in [6, 6.07) is 14.1. The number of carbonyl (C=O) groups excluding carboxylic acids is 1. The molecule has 0 spiro atoms. The van der Waals surface area contributed by atoms with Crippen molar-refractivity contribution in [2.75, 3.05) is 17.2 Å². The van der Waals surface area contributed by atoms with E-state index in [0.29, 0.717) is 22.4 Å². The van der Waals surface area contributed by atoms with Crippen molar-refractivity contribution in [3.05, 3.63) is 53.6 Å². The van der Waals surface area contributed by atoms with E-state index < -0.39 is 0 Å². The Balaban J connectivity index is 1.57.